The molecule has 3 rings (SSSR count). The Morgan fingerprint density at radius 1 is 1.06 bits per heavy atom. The highest BCUT2D eigenvalue weighted by molar-refractivity contribution is 7.92. The Labute approximate surface area is 184 Å². The van der Waals surface area contributed by atoms with E-state index in [-0.39, 0.29) is 18.4 Å². The normalized spacial score (nSPS) is 14.0. The number of aryl methyl sites for hydroxylation is 2. The predicted molar refractivity (Wildman–Crippen MR) is 121 cm³/mol. The van der Waals surface area contributed by atoms with Gasteiger partial charge in [-0.2, -0.15) is 0 Å². The molecule has 0 atom stereocenters. The van der Waals surface area contributed by atoms with Gasteiger partial charge < -0.3 is 10.2 Å². The van der Waals surface area contributed by atoms with Gasteiger partial charge in [-0.15, -0.1) is 0 Å². The molecule has 2 aromatic rings. The van der Waals surface area contributed by atoms with E-state index in [4.69, 9.17) is 0 Å². The van der Waals surface area contributed by atoms with Crippen molar-refractivity contribution in [3.05, 3.63) is 64.7 Å². The van der Waals surface area contributed by atoms with Gasteiger partial charge in [-0.3, -0.25) is 13.9 Å². The molecule has 8 heteroatoms. The number of hydrogen-bond donors (Lipinski definition) is 1. The van der Waals surface area contributed by atoms with Gasteiger partial charge in [0.1, 0.15) is 6.54 Å². The maximum absolute atomic E-state index is 12.5. The van der Waals surface area contributed by atoms with Crippen molar-refractivity contribution in [1.29, 1.82) is 0 Å². The summed E-state index contributed by atoms with van der Waals surface area (Å²) in [6.07, 6.45) is 2.63. The zero-order chi connectivity index (χ0) is 22.6. The Morgan fingerprint density at radius 2 is 1.68 bits per heavy atom. The van der Waals surface area contributed by atoms with Gasteiger partial charge in [0, 0.05) is 26.1 Å². The van der Waals surface area contributed by atoms with Crippen LogP contribution in [0.25, 0.3) is 0 Å². The largest absolute Gasteiger partial charge is 0.350 e. The lowest BCUT2D eigenvalue weighted by Crippen LogP contribution is -2.40. The number of hydrogen-bond acceptors (Lipinski definition) is 4. The molecule has 1 N–H and O–H groups in total. The van der Waals surface area contributed by atoms with Crippen molar-refractivity contribution in [1.82, 2.24) is 10.2 Å². The summed E-state index contributed by atoms with van der Waals surface area (Å²) in [4.78, 5) is 26.1. The number of amides is 2. The van der Waals surface area contributed by atoms with Gasteiger partial charge in [-0.25, -0.2) is 8.42 Å². The minimum absolute atomic E-state index is 0.190. The molecule has 0 aliphatic carbocycles. The summed E-state index contributed by atoms with van der Waals surface area (Å²) in [5.74, 6) is -0.188. The Bertz CT molecular complexity index is 1040. The van der Waals surface area contributed by atoms with Gasteiger partial charge >= 0.3 is 0 Å². The fraction of sp³-hybridized carbons (Fsp3) is 0.391. The monoisotopic (exact) mass is 443 g/mol. The zero-order valence-electron chi connectivity index (χ0n) is 18.2. The molecule has 0 bridgehead atoms. The van der Waals surface area contributed by atoms with E-state index in [1.54, 1.807) is 12.1 Å². The highest BCUT2D eigenvalue weighted by atomic mass is 32.2. The van der Waals surface area contributed by atoms with Gasteiger partial charge in [0.2, 0.25) is 21.8 Å². The molecule has 0 radical (unpaired) electrons. The van der Waals surface area contributed by atoms with Crippen molar-refractivity contribution in [2.24, 2.45) is 0 Å². The molecule has 1 aliphatic rings. The van der Waals surface area contributed by atoms with Crippen LogP contribution in [0.3, 0.4) is 0 Å². The van der Waals surface area contributed by atoms with Crippen LogP contribution >= 0.6 is 0 Å². The molecule has 2 amide bonds. The Hall–Kier alpha value is -2.87. The number of rotatable bonds is 8. The molecule has 1 saturated heterocycles. The first kappa shape index (κ1) is 22.8. The number of benzene rings is 2. The van der Waals surface area contributed by atoms with E-state index in [9.17, 15) is 18.0 Å². The number of carbonyl (C=O) groups is 2. The van der Waals surface area contributed by atoms with Crippen LogP contribution in [-0.2, 0) is 32.7 Å². The average Bonchev–Trinajstić information content (AvgIpc) is 3.08. The van der Waals surface area contributed by atoms with Crippen molar-refractivity contribution in [3.8, 4) is 0 Å². The third-order valence-corrected chi connectivity index (χ3v) is 6.38. The first-order chi connectivity index (χ1) is 14.6. The molecule has 1 fully saturated rings. The van der Waals surface area contributed by atoms with Crippen LogP contribution in [0.2, 0.25) is 0 Å². The van der Waals surface area contributed by atoms with Gasteiger partial charge in [0.25, 0.3) is 0 Å². The van der Waals surface area contributed by atoms with E-state index in [0.717, 1.165) is 45.8 Å². The molecular weight excluding hydrogens is 414 g/mol. The predicted octanol–water partition coefficient (Wildman–Crippen LogP) is 2.51. The fourth-order valence-electron chi connectivity index (χ4n) is 3.74. The van der Waals surface area contributed by atoms with Crippen LogP contribution < -0.4 is 9.62 Å². The van der Waals surface area contributed by atoms with Crippen LogP contribution in [0.5, 0.6) is 0 Å². The maximum Gasteiger partial charge on any atom is 0.241 e. The highest BCUT2D eigenvalue weighted by Gasteiger charge is 2.22. The third kappa shape index (κ3) is 6.30. The summed E-state index contributed by atoms with van der Waals surface area (Å²) in [5, 5.41) is 2.79. The van der Waals surface area contributed by atoms with Gasteiger partial charge in [0.15, 0.2) is 0 Å². The summed E-state index contributed by atoms with van der Waals surface area (Å²) in [7, 11) is -3.61. The second-order valence-electron chi connectivity index (χ2n) is 8.13. The topological polar surface area (TPSA) is 86.8 Å². The van der Waals surface area contributed by atoms with Gasteiger partial charge in [-0.05, 0) is 54.7 Å². The van der Waals surface area contributed by atoms with Crippen LogP contribution in [-0.4, -0.2) is 44.5 Å². The van der Waals surface area contributed by atoms with E-state index < -0.39 is 10.0 Å². The molecule has 31 heavy (non-hydrogen) atoms. The first-order valence-corrected chi connectivity index (χ1v) is 12.1. The number of nitrogens with one attached hydrogen (secondary N) is 1. The lowest BCUT2D eigenvalue weighted by atomic mass is 10.1. The van der Waals surface area contributed by atoms with Crippen LogP contribution in [0.15, 0.2) is 42.5 Å². The lowest BCUT2D eigenvalue weighted by Gasteiger charge is -2.23. The van der Waals surface area contributed by atoms with E-state index in [1.165, 1.54) is 0 Å². The Kier molecular flexibility index (Phi) is 7.00. The highest BCUT2D eigenvalue weighted by Crippen LogP contribution is 2.21. The number of nitrogens with zero attached hydrogens (tertiary/aromatic N) is 2. The standard InChI is InChI=1S/C23H29N3O4S/c1-17-11-18(2)13-21(12-17)26(31(3,29)30)16-22(27)24-14-19-6-8-20(9-7-19)15-25-10-4-5-23(25)28/h6-9,11-13H,4-5,10,14-16H2,1-3H3,(H,24,27). The number of sulfonamides is 1. The zero-order valence-corrected chi connectivity index (χ0v) is 19.0. The summed E-state index contributed by atoms with van der Waals surface area (Å²) < 4.78 is 25.7. The van der Waals surface area contributed by atoms with Crippen LogP contribution in [0.1, 0.15) is 35.1 Å². The molecule has 0 unspecified atom stereocenters. The lowest BCUT2D eigenvalue weighted by molar-refractivity contribution is -0.128. The maximum atomic E-state index is 12.5. The minimum atomic E-state index is -3.61. The van der Waals surface area contributed by atoms with Crippen LogP contribution in [0, 0.1) is 13.8 Å². The van der Waals surface area contributed by atoms with E-state index in [0.29, 0.717) is 25.2 Å². The van der Waals surface area contributed by atoms with Gasteiger partial charge in [0.05, 0.1) is 11.9 Å². The molecule has 166 valence electrons. The molecule has 1 aliphatic heterocycles. The third-order valence-electron chi connectivity index (χ3n) is 5.24. The van der Waals surface area contributed by atoms with Crippen LogP contribution in [0.4, 0.5) is 5.69 Å². The first-order valence-electron chi connectivity index (χ1n) is 10.3. The minimum Gasteiger partial charge on any atom is -0.350 e. The molecular formula is C23H29N3O4S. The van der Waals surface area contributed by atoms with Crippen molar-refractivity contribution >= 4 is 27.5 Å². The SMILES string of the molecule is Cc1cc(C)cc(N(CC(=O)NCc2ccc(CN3CCCC3=O)cc2)S(C)(=O)=O)c1. The van der Waals surface area contributed by atoms with E-state index >= 15 is 0 Å². The molecule has 1 heterocycles. The van der Waals surface area contributed by atoms with Crippen molar-refractivity contribution < 1.29 is 18.0 Å². The summed E-state index contributed by atoms with van der Waals surface area (Å²) in [6, 6.07) is 13.2. The number of carbonyl (C=O) groups excluding carboxylic acids is 2. The quantitative estimate of drug-likeness (QED) is 0.679. The Morgan fingerprint density at radius 3 is 2.23 bits per heavy atom. The fourth-order valence-corrected chi connectivity index (χ4v) is 4.58. The van der Waals surface area contributed by atoms with Crippen molar-refractivity contribution in [2.45, 2.75) is 39.8 Å². The number of likely N-dealkylation sites (tertiary alicyclic amines) is 1. The molecule has 2 aromatic carbocycles. The smallest absolute Gasteiger partial charge is 0.241 e. The molecule has 0 saturated carbocycles. The van der Waals surface area contributed by atoms with E-state index in [2.05, 4.69) is 5.32 Å². The summed E-state index contributed by atoms with van der Waals surface area (Å²) >= 11 is 0. The molecule has 7 nitrogen and oxygen atoms in total. The second kappa shape index (κ2) is 9.51. The Balaban J connectivity index is 1.59. The number of anilines is 1. The van der Waals surface area contributed by atoms with Crippen molar-refractivity contribution in [2.75, 3.05) is 23.7 Å². The summed E-state index contributed by atoms with van der Waals surface area (Å²) in [5.41, 5.74) is 4.29. The second-order valence-corrected chi connectivity index (χ2v) is 10.0. The molecule has 0 aromatic heterocycles. The average molecular weight is 444 g/mol. The molecule has 0 spiro atoms. The van der Waals surface area contributed by atoms with Crippen molar-refractivity contribution in [3.63, 3.8) is 0 Å². The van der Waals surface area contributed by atoms with Gasteiger partial charge in [-0.1, -0.05) is 30.3 Å². The van der Waals surface area contributed by atoms with E-state index in [1.807, 2.05) is 49.1 Å². The summed E-state index contributed by atoms with van der Waals surface area (Å²) in [6.45, 7) is 5.20.